The van der Waals surface area contributed by atoms with Crippen molar-refractivity contribution in [3.8, 4) is 0 Å². The first-order valence-electron chi connectivity index (χ1n) is 5.83. The van der Waals surface area contributed by atoms with Crippen LogP contribution in [0.2, 0.25) is 0 Å². The molecule has 0 spiro atoms. The minimum absolute atomic E-state index is 0.0582. The van der Waals surface area contributed by atoms with E-state index in [0.29, 0.717) is 18.8 Å². The molecule has 1 aromatic rings. The lowest BCUT2D eigenvalue weighted by Gasteiger charge is -2.14. The molecule has 0 aliphatic rings. The molecular weight excluding hydrogens is 284 g/mol. The van der Waals surface area contributed by atoms with Crippen molar-refractivity contribution in [1.29, 1.82) is 0 Å². The number of hydrogen-bond acceptors (Lipinski definition) is 5. The molecule has 0 aliphatic carbocycles. The Morgan fingerprint density at radius 2 is 2.05 bits per heavy atom. The maximum Gasteiger partial charge on any atom is 0.337 e. The molecule has 0 saturated carbocycles. The zero-order chi connectivity index (χ0) is 15.3. The number of benzene rings is 1. The van der Waals surface area contributed by atoms with Gasteiger partial charge in [-0.05, 0) is 18.2 Å². The molecule has 0 bridgehead atoms. The lowest BCUT2D eigenvalue weighted by molar-refractivity contribution is 0.0697. The molecule has 0 unspecified atom stereocenters. The van der Waals surface area contributed by atoms with Gasteiger partial charge in [-0.15, -0.1) is 0 Å². The number of hydrogen-bond donors (Lipinski definition) is 2. The summed E-state index contributed by atoms with van der Waals surface area (Å²) in [6.45, 7) is 0.841. The maximum absolute atomic E-state index is 12.0. The zero-order valence-corrected chi connectivity index (χ0v) is 12.4. The molecule has 112 valence electrons. The van der Waals surface area contributed by atoms with Gasteiger partial charge in [0, 0.05) is 33.4 Å². The van der Waals surface area contributed by atoms with Gasteiger partial charge in [-0.2, -0.15) is 0 Å². The maximum atomic E-state index is 12.0. The van der Waals surface area contributed by atoms with E-state index < -0.39 is 16.0 Å². The fourth-order valence-corrected chi connectivity index (χ4v) is 2.44. The predicted octanol–water partition coefficient (Wildman–Crippen LogP) is 0.693. The van der Waals surface area contributed by atoms with Gasteiger partial charge < -0.3 is 15.2 Å². The fourth-order valence-electron chi connectivity index (χ4n) is 1.51. The fraction of sp³-hybridized carbons (Fsp3) is 0.417. The molecule has 0 aliphatic heterocycles. The van der Waals surface area contributed by atoms with E-state index in [1.807, 2.05) is 0 Å². The van der Waals surface area contributed by atoms with E-state index in [1.165, 1.54) is 33.3 Å². The summed E-state index contributed by atoms with van der Waals surface area (Å²) in [4.78, 5) is 11.2. The Labute approximate surface area is 118 Å². The Kier molecular flexibility index (Phi) is 5.49. The average Bonchev–Trinajstić information content (AvgIpc) is 2.38. The molecule has 0 atom stereocenters. The van der Waals surface area contributed by atoms with E-state index >= 15 is 0 Å². The van der Waals surface area contributed by atoms with Crippen molar-refractivity contribution >= 4 is 21.7 Å². The van der Waals surface area contributed by atoms with Crippen LogP contribution >= 0.6 is 0 Å². The summed E-state index contributed by atoms with van der Waals surface area (Å²) in [5, 5.41) is 12.1. The average molecular weight is 302 g/mol. The van der Waals surface area contributed by atoms with Gasteiger partial charge in [-0.25, -0.2) is 17.5 Å². The van der Waals surface area contributed by atoms with Gasteiger partial charge in [0.15, 0.2) is 0 Å². The molecule has 0 fully saturated rings. The van der Waals surface area contributed by atoms with Gasteiger partial charge in [-0.1, -0.05) is 0 Å². The first-order valence-corrected chi connectivity index (χ1v) is 7.27. The minimum atomic E-state index is -3.66. The number of sulfonamides is 1. The van der Waals surface area contributed by atoms with Gasteiger partial charge in [-0.3, -0.25) is 0 Å². The minimum Gasteiger partial charge on any atom is -0.478 e. The van der Waals surface area contributed by atoms with Crippen LogP contribution in [0.1, 0.15) is 10.4 Å². The van der Waals surface area contributed by atoms with Crippen LogP contribution in [0.5, 0.6) is 0 Å². The molecular formula is C12H18N2O5S. The Bertz CT molecular complexity index is 584. The van der Waals surface area contributed by atoms with Crippen LogP contribution in [0.25, 0.3) is 0 Å². The third kappa shape index (κ3) is 3.69. The molecule has 1 rings (SSSR count). The normalized spacial score (nSPS) is 11.6. The SMILES string of the molecule is COCCNc1ccc(S(=O)(=O)N(C)C)cc1C(=O)O. The Morgan fingerprint density at radius 1 is 1.40 bits per heavy atom. The molecule has 0 radical (unpaired) electrons. The number of rotatable bonds is 7. The quantitative estimate of drug-likeness (QED) is 0.720. The molecule has 0 saturated heterocycles. The smallest absolute Gasteiger partial charge is 0.337 e. The monoisotopic (exact) mass is 302 g/mol. The van der Waals surface area contributed by atoms with Crippen LogP contribution in [0, 0.1) is 0 Å². The van der Waals surface area contributed by atoms with Gasteiger partial charge in [0.25, 0.3) is 0 Å². The Balaban J connectivity index is 3.17. The molecule has 2 N–H and O–H groups in total. The predicted molar refractivity (Wildman–Crippen MR) is 74.6 cm³/mol. The summed E-state index contributed by atoms with van der Waals surface area (Å²) in [5.74, 6) is -1.19. The Hall–Kier alpha value is -1.64. The summed E-state index contributed by atoms with van der Waals surface area (Å²) in [5.41, 5.74) is 0.260. The van der Waals surface area contributed by atoms with E-state index in [2.05, 4.69) is 5.32 Å². The van der Waals surface area contributed by atoms with Crippen LogP contribution in [0.15, 0.2) is 23.1 Å². The molecule has 0 heterocycles. The summed E-state index contributed by atoms with van der Waals surface area (Å²) < 4.78 is 29.8. The third-order valence-electron chi connectivity index (χ3n) is 2.62. The van der Waals surface area contributed by atoms with Gasteiger partial charge in [0.05, 0.1) is 17.1 Å². The van der Waals surface area contributed by atoms with Crippen molar-refractivity contribution < 1.29 is 23.1 Å². The van der Waals surface area contributed by atoms with Crippen LogP contribution in [-0.2, 0) is 14.8 Å². The first-order chi connectivity index (χ1) is 9.30. The molecule has 20 heavy (non-hydrogen) atoms. The highest BCUT2D eigenvalue weighted by Crippen LogP contribution is 2.22. The second-order valence-corrected chi connectivity index (χ2v) is 6.37. The third-order valence-corrected chi connectivity index (χ3v) is 4.43. The Morgan fingerprint density at radius 3 is 2.55 bits per heavy atom. The number of nitrogens with zero attached hydrogens (tertiary/aromatic N) is 1. The van der Waals surface area contributed by atoms with E-state index in [1.54, 1.807) is 0 Å². The van der Waals surface area contributed by atoms with Crippen molar-refractivity contribution in [1.82, 2.24) is 4.31 Å². The number of methoxy groups -OCH3 is 1. The van der Waals surface area contributed by atoms with Crippen molar-refractivity contribution in [3.63, 3.8) is 0 Å². The first kappa shape index (κ1) is 16.4. The lowest BCUT2D eigenvalue weighted by Crippen LogP contribution is -2.22. The number of aromatic carboxylic acids is 1. The van der Waals surface area contributed by atoms with E-state index in [4.69, 9.17) is 4.74 Å². The number of carboxylic acids is 1. The van der Waals surface area contributed by atoms with Crippen molar-refractivity contribution in [2.45, 2.75) is 4.90 Å². The number of ether oxygens (including phenoxy) is 1. The van der Waals surface area contributed by atoms with Crippen molar-refractivity contribution in [2.24, 2.45) is 0 Å². The lowest BCUT2D eigenvalue weighted by atomic mass is 10.2. The summed E-state index contributed by atoms with van der Waals surface area (Å²) in [6, 6.07) is 3.96. The summed E-state index contributed by atoms with van der Waals surface area (Å²) in [6.07, 6.45) is 0. The molecule has 0 amide bonds. The molecule has 7 nitrogen and oxygen atoms in total. The highest BCUT2D eigenvalue weighted by molar-refractivity contribution is 7.89. The highest BCUT2D eigenvalue weighted by atomic mass is 32.2. The van der Waals surface area contributed by atoms with Crippen LogP contribution in [0.4, 0.5) is 5.69 Å². The van der Waals surface area contributed by atoms with Crippen molar-refractivity contribution in [2.75, 3.05) is 39.7 Å². The summed E-state index contributed by atoms with van der Waals surface area (Å²) in [7, 11) is 0.656. The van der Waals surface area contributed by atoms with Crippen molar-refractivity contribution in [3.05, 3.63) is 23.8 Å². The topological polar surface area (TPSA) is 95.9 Å². The number of anilines is 1. The highest BCUT2D eigenvalue weighted by Gasteiger charge is 2.20. The largest absolute Gasteiger partial charge is 0.478 e. The zero-order valence-electron chi connectivity index (χ0n) is 11.6. The van der Waals surface area contributed by atoms with Crippen LogP contribution in [-0.4, -0.2) is 58.2 Å². The van der Waals surface area contributed by atoms with E-state index in [9.17, 15) is 18.3 Å². The number of nitrogens with one attached hydrogen (secondary N) is 1. The summed E-state index contributed by atoms with van der Waals surface area (Å²) >= 11 is 0. The van der Waals surface area contributed by atoms with Crippen LogP contribution in [0.3, 0.4) is 0 Å². The van der Waals surface area contributed by atoms with Gasteiger partial charge >= 0.3 is 5.97 Å². The van der Waals surface area contributed by atoms with E-state index in [0.717, 1.165) is 10.4 Å². The number of carboxylic acid groups (broad SMARTS) is 1. The van der Waals surface area contributed by atoms with E-state index in [-0.39, 0.29) is 10.5 Å². The molecule has 0 aromatic heterocycles. The van der Waals surface area contributed by atoms with Gasteiger partial charge in [0.1, 0.15) is 0 Å². The second kappa shape index (κ2) is 6.69. The molecule has 8 heteroatoms. The number of carbonyl (C=O) groups is 1. The standard InChI is InChI=1S/C12H18N2O5S/c1-14(2)20(17,18)9-4-5-11(13-6-7-19-3)10(8-9)12(15)16/h4-5,8,13H,6-7H2,1-3H3,(H,15,16). The second-order valence-electron chi connectivity index (χ2n) is 4.22. The molecule has 1 aromatic carbocycles. The van der Waals surface area contributed by atoms with Gasteiger partial charge in [0.2, 0.25) is 10.0 Å². The van der Waals surface area contributed by atoms with Crippen LogP contribution < -0.4 is 5.32 Å².